The zero-order valence-electron chi connectivity index (χ0n) is 11.8. The minimum absolute atomic E-state index is 0.0216. The summed E-state index contributed by atoms with van der Waals surface area (Å²) in [5.74, 6) is -1.57. The fourth-order valence-electron chi connectivity index (χ4n) is 2.19. The Morgan fingerprint density at radius 2 is 1.87 bits per heavy atom. The summed E-state index contributed by atoms with van der Waals surface area (Å²) in [6.45, 7) is 0.0216. The second-order valence-corrected chi connectivity index (χ2v) is 6.28. The van der Waals surface area contributed by atoms with Crippen LogP contribution in [0.1, 0.15) is 15.9 Å². The normalized spacial score (nSPS) is 10.7. The zero-order valence-corrected chi connectivity index (χ0v) is 14.1. The van der Waals surface area contributed by atoms with Crippen LogP contribution in [0.5, 0.6) is 0 Å². The molecule has 2 aromatic carbocycles. The molecule has 0 aliphatic heterocycles. The highest BCUT2D eigenvalue weighted by Gasteiger charge is 2.21. The van der Waals surface area contributed by atoms with E-state index in [1.807, 2.05) is 12.1 Å². The van der Waals surface area contributed by atoms with Crippen LogP contribution in [0.25, 0.3) is 10.9 Å². The standard InChI is InChI=1S/C17H11BrClNO3/c18-11-3-6-15-13(7-11)14(8-20-15)16(21)17(22)23-9-10-1-4-12(19)5-2-10/h1-8,20H,9H2. The smallest absolute Gasteiger partial charge is 0.380 e. The zero-order chi connectivity index (χ0) is 16.4. The lowest BCUT2D eigenvalue weighted by molar-refractivity contribution is -0.139. The number of carbonyl (C=O) groups excluding carboxylic acids is 2. The molecule has 0 saturated heterocycles. The van der Waals surface area contributed by atoms with Crippen molar-refractivity contribution in [3.8, 4) is 0 Å². The summed E-state index contributed by atoms with van der Waals surface area (Å²) in [5, 5.41) is 1.27. The Kier molecular flexibility index (Phi) is 4.50. The van der Waals surface area contributed by atoms with Gasteiger partial charge in [0.05, 0.1) is 5.56 Å². The van der Waals surface area contributed by atoms with Crippen molar-refractivity contribution < 1.29 is 14.3 Å². The van der Waals surface area contributed by atoms with Crippen LogP contribution in [0.4, 0.5) is 0 Å². The van der Waals surface area contributed by atoms with Crippen molar-refractivity contribution in [2.24, 2.45) is 0 Å². The number of Topliss-reactive ketones (excluding diaryl/α,β-unsaturated/α-hetero) is 1. The maximum absolute atomic E-state index is 12.3. The third kappa shape index (κ3) is 3.46. The molecular weight excluding hydrogens is 382 g/mol. The van der Waals surface area contributed by atoms with Gasteiger partial charge in [0, 0.05) is 26.6 Å². The molecule has 116 valence electrons. The molecule has 0 aliphatic rings. The SMILES string of the molecule is O=C(OCc1ccc(Cl)cc1)C(=O)c1c[nH]c2ccc(Br)cc12. The van der Waals surface area contributed by atoms with Gasteiger partial charge in [-0.25, -0.2) is 4.79 Å². The predicted molar refractivity (Wildman–Crippen MR) is 91.6 cm³/mol. The molecule has 4 nitrogen and oxygen atoms in total. The number of rotatable bonds is 4. The molecule has 0 saturated carbocycles. The first-order chi connectivity index (χ1) is 11.0. The lowest BCUT2D eigenvalue weighted by Gasteiger charge is -2.04. The van der Waals surface area contributed by atoms with E-state index in [0.29, 0.717) is 16.0 Å². The van der Waals surface area contributed by atoms with Crippen molar-refractivity contribution in [3.63, 3.8) is 0 Å². The third-order valence-corrected chi connectivity index (χ3v) is 4.10. The van der Waals surface area contributed by atoms with Gasteiger partial charge in [0.2, 0.25) is 0 Å². The lowest BCUT2D eigenvalue weighted by atomic mass is 10.1. The van der Waals surface area contributed by atoms with Crippen LogP contribution < -0.4 is 0 Å². The van der Waals surface area contributed by atoms with E-state index >= 15 is 0 Å². The van der Waals surface area contributed by atoms with Crippen LogP contribution in [0, 0.1) is 0 Å². The Bertz CT molecular complexity index is 886. The first-order valence-electron chi connectivity index (χ1n) is 6.77. The second-order valence-electron chi connectivity index (χ2n) is 4.92. The van der Waals surface area contributed by atoms with Gasteiger partial charge in [-0.1, -0.05) is 39.7 Å². The number of H-pyrrole nitrogens is 1. The van der Waals surface area contributed by atoms with E-state index < -0.39 is 11.8 Å². The molecule has 0 aliphatic carbocycles. The molecule has 3 aromatic rings. The molecule has 0 spiro atoms. The lowest BCUT2D eigenvalue weighted by Crippen LogP contribution is -2.17. The van der Waals surface area contributed by atoms with Gasteiger partial charge in [0.25, 0.3) is 5.78 Å². The van der Waals surface area contributed by atoms with E-state index in [1.54, 1.807) is 30.3 Å². The van der Waals surface area contributed by atoms with Crippen LogP contribution in [0.2, 0.25) is 5.02 Å². The Hall–Kier alpha value is -2.11. The van der Waals surface area contributed by atoms with Crippen LogP contribution in [0.15, 0.2) is 53.1 Å². The van der Waals surface area contributed by atoms with E-state index in [0.717, 1.165) is 15.6 Å². The number of carbonyl (C=O) groups is 2. The average Bonchev–Trinajstić information content (AvgIpc) is 2.96. The van der Waals surface area contributed by atoms with Crippen molar-refractivity contribution in [2.45, 2.75) is 6.61 Å². The summed E-state index contributed by atoms with van der Waals surface area (Å²) in [6, 6.07) is 12.3. The number of ketones is 1. The number of halogens is 2. The molecule has 1 aromatic heterocycles. The molecule has 1 heterocycles. The van der Waals surface area contributed by atoms with Gasteiger partial charge in [-0.3, -0.25) is 4.79 Å². The van der Waals surface area contributed by atoms with E-state index in [1.165, 1.54) is 6.20 Å². The van der Waals surface area contributed by atoms with Crippen LogP contribution in [-0.4, -0.2) is 16.7 Å². The number of ether oxygens (including phenoxy) is 1. The summed E-state index contributed by atoms with van der Waals surface area (Å²) >= 11 is 9.14. The first-order valence-corrected chi connectivity index (χ1v) is 7.94. The first kappa shape index (κ1) is 15.8. The number of aromatic amines is 1. The number of esters is 1. The quantitative estimate of drug-likeness (QED) is 0.404. The molecular formula is C17H11BrClNO3. The fourth-order valence-corrected chi connectivity index (χ4v) is 2.67. The van der Waals surface area contributed by atoms with E-state index in [4.69, 9.17) is 16.3 Å². The molecule has 0 amide bonds. The molecule has 0 radical (unpaired) electrons. The van der Waals surface area contributed by atoms with Crippen LogP contribution in [0.3, 0.4) is 0 Å². The maximum atomic E-state index is 12.3. The molecule has 1 N–H and O–H groups in total. The van der Waals surface area contributed by atoms with E-state index in [-0.39, 0.29) is 6.61 Å². The molecule has 0 unspecified atom stereocenters. The highest BCUT2D eigenvalue weighted by Crippen LogP contribution is 2.23. The Balaban J connectivity index is 1.75. The van der Waals surface area contributed by atoms with E-state index in [2.05, 4.69) is 20.9 Å². The summed E-state index contributed by atoms with van der Waals surface area (Å²) in [6.07, 6.45) is 1.52. The number of aromatic nitrogens is 1. The molecule has 23 heavy (non-hydrogen) atoms. The molecule has 0 atom stereocenters. The van der Waals surface area contributed by atoms with Crippen molar-refractivity contribution in [2.75, 3.05) is 0 Å². The maximum Gasteiger partial charge on any atom is 0.380 e. The summed E-state index contributed by atoms with van der Waals surface area (Å²) in [5.41, 5.74) is 1.83. The number of hydrogen-bond acceptors (Lipinski definition) is 3. The Morgan fingerprint density at radius 1 is 1.13 bits per heavy atom. The number of benzene rings is 2. The minimum atomic E-state index is -0.888. The molecule has 0 bridgehead atoms. The number of nitrogens with one attached hydrogen (secondary N) is 1. The number of fused-ring (bicyclic) bond motifs is 1. The third-order valence-electron chi connectivity index (χ3n) is 3.36. The molecule has 6 heteroatoms. The van der Waals surface area contributed by atoms with Gasteiger partial charge >= 0.3 is 5.97 Å². The fraction of sp³-hybridized carbons (Fsp3) is 0.0588. The summed E-state index contributed by atoms with van der Waals surface area (Å²) in [7, 11) is 0. The average molecular weight is 393 g/mol. The van der Waals surface area contributed by atoms with Crippen LogP contribution >= 0.6 is 27.5 Å². The van der Waals surface area contributed by atoms with Gasteiger partial charge < -0.3 is 9.72 Å². The Labute approximate surface area is 145 Å². The van der Waals surface area contributed by atoms with Crippen molar-refractivity contribution in [3.05, 3.63) is 69.3 Å². The minimum Gasteiger partial charge on any atom is -0.455 e. The van der Waals surface area contributed by atoms with Gasteiger partial charge in [-0.15, -0.1) is 0 Å². The largest absolute Gasteiger partial charge is 0.455 e. The van der Waals surface area contributed by atoms with Gasteiger partial charge in [-0.05, 0) is 35.9 Å². The topological polar surface area (TPSA) is 59.2 Å². The monoisotopic (exact) mass is 391 g/mol. The predicted octanol–water partition coefficient (Wildman–Crippen LogP) is 4.51. The van der Waals surface area contributed by atoms with Gasteiger partial charge in [0.1, 0.15) is 6.61 Å². The summed E-state index contributed by atoms with van der Waals surface area (Å²) < 4.78 is 5.90. The second kappa shape index (κ2) is 6.56. The van der Waals surface area contributed by atoms with Crippen molar-refractivity contribution in [1.29, 1.82) is 0 Å². The van der Waals surface area contributed by atoms with E-state index in [9.17, 15) is 9.59 Å². The van der Waals surface area contributed by atoms with Crippen molar-refractivity contribution >= 4 is 50.2 Å². The number of hydrogen-bond donors (Lipinski definition) is 1. The van der Waals surface area contributed by atoms with Crippen molar-refractivity contribution in [1.82, 2.24) is 4.98 Å². The summed E-state index contributed by atoms with van der Waals surface area (Å²) in [4.78, 5) is 27.2. The van der Waals surface area contributed by atoms with Gasteiger partial charge in [0.15, 0.2) is 0 Å². The molecule has 3 rings (SSSR count). The Morgan fingerprint density at radius 3 is 2.61 bits per heavy atom. The van der Waals surface area contributed by atoms with Crippen LogP contribution in [-0.2, 0) is 16.1 Å². The highest BCUT2D eigenvalue weighted by molar-refractivity contribution is 9.10. The molecule has 0 fully saturated rings. The van der Waals surface area contributed by atoms with Gasteiger partial charge in [-0.2, -0.15) is 0 Å². The highest BCUT2D eigenvalue weighted by atomic mass is 79.9.